The summed E-state index contributed by atoms with van der Waals surface area (Å²) >= 11 is 0. The Morgan fingerprint density at radius 2 is 1.71 bits per heavy atom. The molecule has 2 unspecified atom stereocenters. The number of sulfonamides is 1. The number of hydrogen-bond donors (Lipinski definition) is 1. The summed E-state index contributed by atoms with van der Waals surface area (Å²) in [6, 6.07) is 6.39. The lowest BCUT2D eigenvalue weighted by molar-refractivity contribution is -0.136. The van der Waals surface area contributed by atoms with Crippen molar-refractivity contribution in [1.29, 1.82) is 0 Å². The van der Waals surface area contributed by atoms with Gasteiger partial charge in [0.25, 0.3) is 0 Å². The Hall–Kier alpha value is -1.56. The predicted octanol–water partition coefficient (Wildman–Crippen LogP) is 2.40. The standard InChI is InChI=1S/C15H19NO4S/c1-21(18,19)16-10-6-8-11(9-7-10)20-15(17)14-12-4-2-3-5-13(12)14/h6-9,12-14,16H,2-5H2,1H3. The Morgan fingerprint density at radius 1 is 1.14 bits per heavy atom. The largest absolute Gasteiger partial charge is 0.426 e. The van der Waals surface area contributed by atoms with E-state index in [1.54, 1.807) is 24.3 Å². The van der Waals surface area contributed by atoms with Crippen LogP contribution in [-0.4, -0.2) is 20.6 Å². The Morgan fingerprint density at radius 3 is 2.24 bits per heavy atom. The summed E-state index contributed by atoms with van der Waals surface area (Å²) in [4.78, 5) is 12.1. The molecule has 6 heteroatoms. The third-order valence-corrected chi connectivity index (χ3v) is 4.91. The molecule has 0 saturated heterocycles. The van der Waals surface area contributed by atoms with E-state index in [0.717, 1.165) is 19.1 Å². The topological polar surface area (TPSA) is 72.5 Å². The number of rotatable bonds is 4. The van der Waals surface area contributed by atoms with E-state index in [4.69, 9.17) is 4.74 Å². The van der Waals surface area contributed by atoms with Crippen LogP contribution in [0.3, 0.4) is 0 Å². The Labute approximate surface area is 124 Å². The molecule has 1 aromatic rings. The average molecular weight is 309 g/mol. The van der Waals surface area contributed by atoms with Gasteiger partial charge in [-0.1, -0.05) is 12.8 Å². The van der Waals surface area contributed by atoms with Gasteiger partial charge in [-0.25, -0.2) is 8.42 Å². The number of carbonyl (C=O) groups excluding carboxylic acids is 1. The maximum atomic E-state index is 12.1. The first kappa shape index (κ1) is 14.4. The zero-order chi connectivity index (χ0) is 15.0. The molecule has 0 spiro atoms. The van der Waals surface area contributed by atoms with Gasteiger partial charge < -0.3 is 4.74 Å². The number of nitrogens with one attached hydrogen (secondary N) is 1. The molecule has 5 nitrogen and oxygen atoms in total. The van der Waals surface area contributed by atoms with Gasteiger partial charge >= 0.3 is 5.97 Å². The second-order valence-electron chi connectivity index (χ2n) is 5.96. The van der Waals surface area contributed by atoms with Gasteiger partial charge in [0.1, 0.15) is 5.75 Å². The summed E-state index contributed by atoms with van der Waals surface area (Å²) in [6.45, 7) is 0. The molecule has 2 aliphatic carbocycles. The Kier molecular flexibility index (Phi) is 3.65. The molecule has 0 aromatic heterocycles. The highest BCUT2D eigenvalue weighted by atomic mass is 32.2. The van der Waals surface area contributed by atoms with E-state index >= 15 is 0 Å². The van der Waals surface area contributed by atoms with Crippen molar-refractivity contribution in [2.75, 3.05) is 11.0 Å². The lowest BCUT2D eigenvalue weighted by Gasteiger charge is -2.06. The minimum absolute atomic E-state index is 0.0707. The van der Waals surface area contributed by atoms with Crippen LogP contribution < -0.4 is 9.46 Å². The van der Waals surface area contributed by atoms with Gasteiger partial charge in [0, 0.05) is 5.69 Å². The number of esters is 1. The van der Waals surface area contributed by atoms with Crippen LogP contribution in [0.15, 0.2) is 24.3 Å². The van der Waals surface area contributed by atoms with E-state index < -0.39 is 10.0 Å². The fraction of sp³-hybridized carbons (Fsp3) is 0.533. The van der Waals surface area contributed by atoms with Crippen molar-refractivity contribution in [2.45, 2.75) is 25.7 Å². The number of carbonyl (C=O) groups is 1. The number of anilines is 1. The molecule has 0 heterocycles. The first-order valence-electron chi connectivity index (χ1n) is 7.23. The summed E-state index contributed by atoms with van der Waals surface area (Å²) in [5.74, 6) is 1.44. The van der Waals surface area contributed by atoms with Crippen LogP contribution in [0.2, 0.25) is 0 Å². The summed E-state index contributed by atoms with van der Waals surface area (Å²) in [6.07, 6.45) is 5.81. The molecule has 114 valence electrons. The van der Waals surface area contributed by atoms with Crippen LogP contribution in [0, 0.1) is 17.8 Å². The molecule has 0 radical (unpaired) electrons. The van der Waals surface area contributed by atoms with Crippen molar-refractivity contribution >= 4 is 21.7 Å². The number of fused-ring (bicyclic) bond motifs is 1. The first-order chi connectivity index (χ1) is 9.94. The summed E-state index contributed by atoms with van der Waals surface area (Å²) in [7, 11) is -3.29. The van der Waals surface area contributed by atoms with Crippen LogP contribution in [0.1, 0.15) is 25.7 Å². The fourth-order valence-electron chi connectivity index (χ4n) is 3.33. The number of hydrogen-bond acceptors (Lipinski definition) is 4. The minimum atomic E-state index is -3.29. The van der Waals surface area contributed by atoms with Gasteiger partial charge in [-0.2, -0.15) is 0 Å². The summed E-state index contributed by atoms with van der Waals surface area (Å²) < 4.78 is 30.0. The SMILES string of the molecule is CS(=O)(=O)Nc1ccc(OC(=O)C2C3CCCCC32)cc1. The normalized spacial score (nSPS) is 27.6. The highest BCUT2D eigenvalue weighted by Gasteiger charge is 2.55. The third-order valence-electron chi connectivity index (χ3n) is 4.30. The molecule has 2 atom stereocenters. The van der Waals surface area contributed by atoms with Crippen LogP contribution >= 0.6 is 0 Å². The van der Waals surface area contributed by atoms with E-state index in [0.29, 0.717) is 23.3 Å². The smallest absolute Gasteiger partial charge is 0.314 e. The Balaban J connectivity index is 1.59. The molecule has 21 heavy (non-hydrogen) atoms. The van der Waals surface area contributed by atoms with Crippen molar-refractivity contribution in [3.05, 3.63) is 24.3 Å². The molecule has 1 N–H and O–H groups in total. The molecule has 3 rings (SSSR count). The van der Waals surface area contributed by atoms with Gasteiger partial charge in [0.05, 0.1) is 12.2 Å². The van der Waals surface area contributed by atoms with Crippen molar-refractivity contribution < 1.29 is 17.9 Å². The molecule has 2 fully saturated rings. The number of benzene rings is 1. The molecule has 2 saturated carbocycles. The molecule has 2 aliphatic rings. The highest BCUT2D eigenvalue weighted by Crippen LogP contribution is 2.55. The van der Waals surface area contributed by atoms with Gasteiger partial charge in [-0.05, 0) is 48.9 Å². The zero-order valence-electron chi connectivity index (χ0n) is 11.9. The fourth-order valence-corrected chi connectivity index (χ4v) is 3.90. The second-order valence-corrected chi connectivity index (χ2v) is 7.71. The Bertz CT molecular complexity index is 626. The van der Waals surface area contributed by atoms with Crippen LogP contribution in [0.5, 0.6) is 5.75 Å². The first-order valence-corrected chi connectivity index (χ1v) is 9.13. The lowest BCUT2D eigenvalue weighted by Crippen LogP contribution is -2.12. The van der Waals surface area contributed by atoms with Gasteiger partial charge in [-0.3, -0.25) is 9.52 Å². The number of ether oxygens (including phenoxy) is 1. The van der Waals surface area contributed by atoms with Gasteiger partial charge in [-0.15, -0.1) is 0 Å². The van der Waals surface area contributed by atoms with Crippen molar-refractivity contribution in [2.24, 2.45) is 17.8 Å². The van der Waals surface area contributed by atoms with Crippen molar-refractivity contribution in [1.82, 2.24) is 0 Å². The van der Waals surface area contributed by atoms with E-state index in [9.17, 15) is 13.2 Å². The second kappa shape index (κ2) is 5.33. The van der Waals surface area contributed by atoms with E-state index in [1.807, 2.05) is 0 Å². The third kappa shape index (κ3) is 3.37. The highest BCUT2D eigenvalue weighted by molar-refractivity contribution is 7.92. The molecular weight excluding hydrogens is 290 g/mol. The predicted molar refractivity (Wildman–Crippen MR) is 79.5 cm³/mol. The summed E-state index contributed by atoms with van der Waals surface area (Å²) in [5, 5.41) is 0. The van der Waals surface area contributed by atoms with Gasteiger partial charge in [0.15, 0.2) is 0 Å². The van der Waals surface area contributed by atoms with E-state index in [-0.39, 0.29) is 11.9 Å². The molecule has 0 bridgehead atoms. The van der Waals surface area contributed by atoms with Crippen molar-refractivity contribution in [3.63, 3.8) is 0 Å². The average Bonchev–Trinajstić information content (AvgIpc) is 3.13. The summed E-state index contributed by atoms with van der Waals surface area (Å²) in [5.41, 5.74) is 0.456. The van der Waals surface area contributed by atoms with E-state index in [2.05, 4.69) is 4.72 Å². The molecule has 0 amide bonds. The minimum Gasteiger partial charge on any atom is -0.426 e. The monoisotopic (exact) mass is 309 g/mol. The van der Waals surface area contributed by atoms with E-state index in [1.165, 1.54) is 12.8 Å². The van der Waals surface area contributed by atoms with Gasteiger partial charge in [0.2, 0.25) is 10.0 Å². The van der Waals surface area contributed by atoms with Crippen LogP contribution in [0.4, 0.5) is 5.69 Å². The maximum absolute atomic E-state index is 12.1. The van der Waals surface area contributed by atoms with Crippen LogP contribution in [-0.2, 0) is 14.8 Å². The maximum Gasteiger partial charge on any atom is 0.314 e. The molecular formula is C15H19NO4S. The lowest BCUT2D eigenvalue weighted by atomic mass is 10.0. The van der Waals surface area contributed by atoms with Crippen molar-refractivity contribution in [3.8, 4) is 5.75 Å². The van der Waals surface area contributed by atoms with Crippen LogP contribution in [0.25, 0.3) is 0 Å². The molecule has 1 aromatic carbocycles. The quantitative estimate of drug-likeness (QED) is 0.685. The zero-order valence-corrected chi connectivity index (χ0v) is 12.7. The molecule has 0 aliphatic heterocycles.